The summed E-state index contributed by atoms with van der Waals surface area (Å²) in [6, 6.07) is 0.269. The van der Waals surface area contributed by atoms with Gasteiger partial charge in [-0.1, -0.05) is 0 Å². The molecule has 0 fully saturated rings. The number of carboxylic acids is 1. The predicted octanol–water partition coefficient (Wildman–Crippen LogP) is 1.13. The van der Waals surface area contributed by atoms with Crippen molar-refractivity contribution in [2.45, 2.75) is 18.9 Å². The number of nitrogens with two attached hydrogens (primary N) is 2. The number of allylic oxidation sites excluding steroid dienone is 2. The van der Waals surface area contributed by atoms with Gasteiger partial charge in [0.25, 0.3) is 0 Å². The van der Waals surface area contributed by atoms with Crippen LogP contribution in [0.4, 0.5) is 10.1 Å². The molecule has 0 bridgehead atoms. The molecule has 0 radical (unpaired) electrons. The van der Waals surface area contributed by atoms with Crippen LogP contribution in [0.1, 0.15) is 12.8 Å². The van der Waals surface area contributed by atoms with Crippen molar-refractivity contribution in [1.82, 2.24) is 4.98 Å². The number of rotatable bonds is 7. The lowest BCUT2D eigenvalue weighted by Crippen LogP contribution is -2.44. The fourth-order valence-corrected chi connectivity index (χ4v) is 2.20. The Morgan fingerprint density at radius 2 is 2.26 bits per heavy atom. The number of hydrogen-bond acceptors (Lipinski definition) is 6. The molecule has 1 aliphatic heterocycles. The van der Waals surface area contributed by atoms with E-state index in [0.717, 1.165) is 18.9 Å². The van der Waals surface area contributed by atoms with E-state index in [0.29, 0.717) is 24.6 Å². The van der Waals surface area contributed by atoms with Crippen molar-refractivity contribution < 1.29 is 19.0 Å². The van der Waals surface area contributed by atoms with Crippen molar-refractivity contribution >= 4 is 11.7 Å². The standard InChI is InChI=1S/C15H19FN4O3/c16-10-4-7-20(14(13(10)18)15(21)22)11-9-19-6-3-12(11)23-8-2-1-5-17/h3-4,6-7,9,14H,1-2,5,8,17-18H2,(H,21,22). The number of halogens is 1. The molecular formula is C15H19FN4O3. The van der Waals surface area contributed by atoms with E-state index in [4.69, 9.17) is 16.2 Å². The largest absolute Gasteiger partial charge is 0.491 e. The lowest BCUT2D eigenvalue weighted by atomic mass is 10.1. The second-order valence-electron chi connectivity index (χ2n) is 4.95. The van der Waals surface area contributed by atoms with Crippen LogP contribution in [0.3, 0.4) is 0 Å². The zero-order chi connectivity index (χ0) is 16.8. The number of aromatic nitrogens is 1. The highest BCUT2D eigenvalue weighted by Crippen LogP contribution is 2.33. The third kappa shape index (κ3) is 3.78. The number of pyridine rings is 1. The van der Waals surface area contributed by atoms with Gasteiger partial charge in [-0.25, -0.2) is 9.18 Å². The highest BCUT2D eigenvalue weighted by atomic mass is 19.1. The molecule has 0 amide bonds. The maximum atomic E-state index is 13.6. The van der Waals surface area contributed by atoms with Crippen molar-refractivity contribution in [3.05, 3.63) is 42.3 Å². The fourth-order valence-electron chi connectivity index (χ4n) is 2.20. The topological polar surface area (TPSA) is 115 Å². The van der Waals surface area contributed by atoms with E-state index in [2.05, 4.69) is 4.98 Å². The Morgan fingerprint density at radius 3 is 2.96 bits per heavy atom. The molecule has 1 aromatic heterocycles. The molecule has 7 nitrogen and oxygen atoms in total. The third-order valence-corrected chi connectivity index (χ3v) is 3.36. The molecule has 1 atom stereocenters. The minimum atomic E-state index is -1.35. The van der Waals surface area contributed by atoms with Crippen LogP contribution >= 0.6 is 0 Å². The van der Waals surface area contributed by atoms with Crippen molar-refractivity contribution in [2.24, 2.45) is 11.5 Å². The highest BCUT2D eigenvalue weighted by molar-refractivity contribution is 5.84. The van der Waals surface area contributed by atoms with Crippen LogP contribution in [0.5, 0.6) is 5.75 Å². The first kappa shape index (κ1) is 16.8. The number of hydrogen-bond donors (Lipinski definition) is 3. The average Bonchev–Trinajstić information content (AvgIpc) is 2.54. The number of anilines is 1. The summed E-state index contributed by atoms with van der Waals surface area (Å²) in [5, 5.41) is 9.36. The molecule has 0 spiro atoms. The van der Waals surface area contributed by atoms with E-state index in [9.17, 15) is 14.3 Å². The number of carbonyl (C=O) groups is 1. The first-order valence-electron chi connectivity index (χ1n) is 7.17. The Labute approximate surface area is 133 Å². The molecule has 0 aromatic carbocycles. The van der Waals surface area contributed by atoms with Gasteiger partial charge in [-0.15, -0.1) is 0 Å². The Balaban J connectivity index is 2.27. The third-order valence-electron chi connectivity index (χ3n) is 3.36. The zero-order valence-electron chi connectivity index (χ0n) is 12.5. The summed E-state index contributed by atoms with van der Waals surface area (Å²) in [6.45, 7) is 1.01. The second-order valence-corrected chi connectivity index (χ2v) is 4.95. The summed E-state index contributed by atoms with van der Waals surface area (Å²) in [5.41, 5.74) is 11.1. The van der Waals surface area contributed by atoms with E-state index in [1.54, 1.807) is 6.07 Å². The van der Waals surface area contributed by atoms with Crippen LogP contribution in [-0.2, 0) is 4.79 Å². The molecule has 0 saturated heterocycles. The van der Waals surface area contributed by atoms with E-state index >= 15 is 0 Å². The Hall–Kier alpha value is -2.61. The van der Waals surface area contributed by atoms with Crippen molar-refractivity contribution in [3.63, 3.8) is 0 Å². The predicted molar refractivity (Wildman–Crippen MR) is 83.4 cm³/mol. The van der Waals surface area contributed by atoms with Gasteiger partial charge in [0.1, 0.15) is 17.3 Å². The van der Waals surface area contributed by atoms with Crippen molar-refractivity contribution in [2.75, 3.05) is 18.1 Å². The lowest BCUT2D eigenvalue weighted by molar-refractivity contribution is -0.137. The molecule has 8 heteroatoms. The van der Waals surface area contributed by atoms with Gasteiger partial charge in [0.05, 0.1) is 18.5 Å². The van der Waals surface area contributed by atoms with Crippen LogP contribution in [0, 0.1) is 0 Å². The van der Waals surface area contributed by atoms with Crippen LogP contribution in [0.15, 0.2) is 42.3 Å². The van der Waals surface area contributed by atoms with Gasteiger partial charge in [0.15, 0.2) is 6.04 Å². The average molecular weight is 322 g/mol. The van der Waals surface area contributed by atoms with Gasteiger partial charge in [-0.3, -0.25) is 4.98 Å². The quantitative estimate of drug-likeness (QED) is 0.644. The Kier molecular flexibility index (Phi) is 5.53. The summed E-state index contributed by atoms with van der Waals surface area (Å²) in [4.78, 5) is 16.8. The Morgan fingerprint density at radius 1 is 1.48 bits per heavy atom. The summed E-state index contributed by atoms with van der Waals surface area (Å²) in [5.74, 6) is -1.58. The number of nitrogens with zero attached hydrogens (tertiary/aromatic N) is 2. The van der Waals surface area contributed by atoms with E-state index in [-0.39, 0.29) is 5.70 Å². The van der Waals surface area contributed by atoms with Crippen LogP contribution in [0.2, 0.25) is 0 Å². The van der Waals surface area contributed by atoms with Gasteiger partial charge in [-0.2, -0.15) is 0 Å². The monoisotopic (exact) mass is 322 g/mol. The highest BCUT2D eigenvalue weighted by Gasteiger charge is 2.33. The van der Waals surface area contributed by atoms with Crippen LogP contribution in [-0.4, -0.2) is 35.3 Å². The first-order valence-corrected chi connectivity index (χ1v) is 7.17. The minimum absolute atomic E-state index is 0.363. The van der Waals surface area contributed by atoms with Crippen LogP contribution < -0.4 is 21.1 Å². The molecule has 124 valence electrons. The number of aliphatic carboxylic acids is 1. The van der Waals surface area contributed by atoms with E-state index < -0.39 is 17.8 Å². The number of carboxylic acid groups (broad SMARTS) is 1. The van der Waals surface area contributed by atoms with Crippen LogP contribution in [0.25, 0.3) is 0 Å². The molecular weight excluding hydrogens is 303 g/mol. The second kappa shape index (κ2) is 7.59. The number of ether oxygens (including phenoxy) is 1. The fraction of sp³-hybridized carbons (Fsp3) is 0.333. The molecule has 2 rings (SSSR count). The van der Waals surface area contributed by atoms with Gasteiger partial charge in [0, 0.05) is 18.5 Å². The molecule has 1 aromatic rings. The summed E-state index contributed by atoms with van der Waals surface area (Å²) in [6.07, 6.45) is 7.00. The molecule has 0 aliphatic carbocycles. The van der Waals surface area contributed by atoms with Gasteiger partial charge >= 0.3 is 5.97 Å². The summed E-state index contributed by atoms with van der Waals surface area (Å²) < 4.78 is 19.3. The zero-order valence-corrected chi connectivity index (χ0v) is 12.5. The van der Waals surface area contributed by atoms with Gasteiger partial charge in [0.2, 0.25) is 0 Å². The lowest BCUT2D eigenvalue weighted by Gasteiger charge is -2.31. The maximum Gasteiger partial charge on any atom is 0.333 e. The van der Waals surface area contributed by atoms with Gasteiger partial charge < -0.3 is 26.2 Å². The Bertz CT molecular complexity index is 633. The summed E-state index contributed by atoms with van der Waals surface area (Å²) >= 11 is 0. The SMILES string of the molecule is NCCCCOc1ccncc1N1C=CC(F)=C(N)C1C(=O)O. The number of unbranched alkanes of at least 4 members (excludes halogenated alkanes) is 1. The molecule has 1 aliphatic rings. The molecule has 23 heavy (non-hydrogen) atoms. The van der Waals surface area contributed by atoms with Gasteiger partial charge in [-0.05, 0) is 25.5 Å². The molecule has 5 N–H and O–H groups in total. The molecule has 1 unspecified atom stereocenters. The normalized spacial score (nSPS) is 17.5. The van der Waals surface area contributed by atoms with Crippen molar-refractivity contribution in [1.29, 1.82) is 0 Å². The van der Waals surface area contributed by atoms with E-state index in [1.165, 1.54) is 23.5 Å². The summed E-state index contributed by atoms with van der Waals surface area (Å²) in [7, 11) is 0. The molecule has 2 heterocycles. The maximum absolute atomic E-state index is 13.6. The smallest absolute Gasteiger partial charge is 0.333 e. The minimum Gasteiger partial charge on any atom is -0.491 e. The first-order chi connectivity index (χ1) is 11.1. The molecule has 0 saturated carbocycles. The van der Waals surface area contributed by atoms with E-state index in [1.807, 2.05) is 0 Å². The van der Waals surface area contributed by atoms with Crippen molar-refractivity contribution in [3.8, 4) is 5.75 Å².